The molecule has 0 aliphatic carbocycles. The lowest BCUT2D eigenvalue weighted by atomic mass is 9.81. The Bertz CT molecular complexity index is 279. The largest absolute Gasteiger partial charge is 0.512 e. The van der Waals surface area contributed by atoms with E-state index in [-0.39, 0.29) is 5.69 Å². The minimum absolute atomic E-state index is 0.0596. The molecule has 0 atom stereocenters. The Morgan fingerprint density at radius 1 is 1.50 bits per heavy atom. The molecule has 2 nitrogen and oxygen atoms in total. The summed E-state index contributed by atoms with van der Waals surface area (Å²) < 4.78 is 37.9. The Kier molecular flexibility index (Phi) is 2.17. The van der Waals surface area contributed by atoms with Crippen molar-refractivity contribution in [1.82, 2.24) is 9.78 Å². The maximum Gasteiger partial charge on any atom is 0.512 e. The highest BCUT2D eigenvalue weighted by atomic mass is 19.4. The first kappa shape index (κ1) is 9.16. The van der Waals surface area contributed by atoms with E-state index in [9.17, 15) is 12.9 Å². The van der Waals surface area contributed by atoms with Crippen molar-refractivity contribution in [1.29, 1.82) is 0 Å². The minimum atomic E-state index is -4.90. The van der Waals surface area contributed by atoms with Crippen molar-refractivity contribution < 1.29 is 12.9 Å². The summed E-state index contributed by atoms with van der Waals surface area (Å²) in [5.74, 6) is 0. The van der Waals surface area contributed by atoms with Gasteiger partial charge in [-0.05, 0) is 20.0 Å². The first-order valence-electron chi connectivity index (χ1n) is 3.69. The Morgan fingerprint density at radius 2 is 2.08 bits per heavy atom. The molecule has 12 heavy (non-hydrogen) atoms. The number of halogens is 3. The third-order valence-corrected chi connectivity index (χ3v) is 1.66. The molecule has 0 unspecified atom stereocenters. The van der Waals surface area contributed by atoms with Crippen molar-refractivity contribution >= 4 is 12.4 Å². The number of aromatic nitrogens is 2. The van der Waals surface area contributed by atoms with Gasteiger partial charge in [0.1, 0.15) is 0 Å². The van der Waals surface area contributed by atoms with Crippen LogP contribution in [-0.4, -0.2) is 16.8 Å². The normalized spacial score (nSPS) is 12.1. The summed E-state index contributed by atoms with van der Waals surface area (Å²) in [5, 5.41) is 3.71. The van der Waals surface area contributed by atoms with Gasteiger partial charge in [-0.15, -0.1) is 0 Å². The molecule has 0 spiro atoms. The lowest BCUT2D eigenvalue weighted by Crippen LogP contribution is -2.34. The lowest BCUT2D eigenvalue weighted by Gasteiger charge is -2.11. The third-order valence-electron chi connectivity index (χ3n) is 1.66. The van der Waals surface area contributed by atoms with Gasteiger partial charge in [0.15, 0.2) is 0 Å². The number of hydrogen-bond donors (Lipinski definition) is 0. The second kappa shape index (κ2) is 2.84. The van der Waals surface area contributed by atoms with E-state index in [2.05, 4.69) is 5.10 Å². The van der Waals surface area contributed by atoms with Gasteiger partial charge in [-0.25, -0.2) is 0 Å². The van der Waals surface area contributed by atoms with Crippen molar-refractivity contribution in [3.8, 4) is 0 Å². The van der Waals surface area contributed by atoms with Gasteiger partial charge in [-0.1, -0.05) is 5.46 Å². The van der Waals surface area contributed by atoms with E-state index in [4.69, 9.17) is 0 Å². The van der Waals surface area contributed by atoms with Crippen LogP contribution >= 0.6 is 0 Å². The van der Waals surface area contributed by atoms with Gasteiger partial charge < -0.3 is 12.9 Å². The molecule has 68 valence electrons. The molecule has 0 aliphatic heterocycles. The monoisotopic (exact) mass is 177 g/mol. The van der Waals surface area contributed by atoms with E-state index < -0.39 is 12.4 Å². The van der Waals surface area contributed by atoms with Crippen LogP contribution in [0, 0.1) is 6.92 Å². The molecule has 1 heterocycles. The van der Waals surface area contributed by atoms with Crippen LogP contribution in [-0.2, 0) is 6.54 Å². The molecule has 1 aromatic heterocycles. The SMILES string of the molecule is CCn1cc([B-](F)(F)F)c(C)n1. The van der Waals surface area contributed by atoms with Gasteiger partial charge in [0.25, 0.3) is 0 Å². The maximum atomic E-state index is 12.2. The lowest BCUT2D eigenvalue weighted by molar-refractivity contribution is 0.500. The van der Waals surface area contributed by atoms with Gasteiger partial charge in [-0.3, -0.25) is 4.68 Å². The Morgan fingerprint density at radius 3 is 2.33 bits per heavy atom. The molecule has 0 saturated heterocycles. The zero-order chi connectivity index (χ0) is 9.35. The molecule has 0 N–H and O–H groups in total. The summed E-state index contributed by atoms with van der Waals surface area (Å²) in [6.07, 6.45) is 1.05. The number of nitrogens with zero attached hydrogens (tertiary/aromatic N) is 2. The van der Waals surface area contributed by atoms with Crippen LogP contribution in [0.4, 0.5) is 12.9 Å². The second-order valence-electron chi connectivity index (χ2n) is 2.60. The predicted octanol–water partition coefficient (Wildman–Crippen LogP) is 1.27. The van der Waals surface area contributed by atoms with Crippen molar-refractivity contribution in [2.24, 2.45) is 0 Å². The van der Waals surface area contributed by atoms with E-state index in [0.717, 1.165) is 6.20 Å². The number of hydrogen-bond acceptors (Lipinski definition) is 1. The first-order chi connectivity index (χ1) is 5.45. The average Bonchev–Trinajstić information content (AvgIpc) is 2.29. The average molecular weight is 177 g/mol. The van der Waals surface area contributed by atoms with Crippen LogP contribution in [0.1, 0.15) is 12.6 Å². The summed E-state index contributed by atoms with van der Waals surface area (Å²) in [4.78, 5) is 0. The van der Waals surface area contributed by atoms with Crippen molar-refractivity contribution in [3.63, 3.8) is 0 Å². The molecule has 0 radical (unpaired) electrons. The van der Waals surface area contributed by atoms with E-state index in [1.165, 1.54) is 11.6 Å². The molecule has 0 fully saturated rings. The fourth-order valence-electron chi connectivity index (χ4n) is 1.02. The van der Waals surface area contributed by atoms with Crippen LogP contribution in [0.3, 0.4) is 0 Å². The third kappa shape index (κ3) is 1.62. The summed E-state index contributed by atoms with van der Waals surface area (Å²) in [5.41, 5.74) is -0.527. The van der Waals surface area contributed by atoms with Crippen LogP contribution in [0.2, 0.25) is 0 Å². The van der Waals surface area contributed by atoms with Gasteiger partial charge in [0, 0.05) is 12.2 Å². The van der Waals surface area contributed by atoms with E-state index >= 15 is 0 Å². The summed E-state index contributed by atoms with van der Waals surface area (Å²) in [7, 11) is 0. The summed E-state index contributed by atoms with van der Waals surface area (Å²) >= 11 is 0. The quantitative estimate of drug-likeness (QED) is 0.621. The highest BCUT2D eigenvalue weighted by Crippen LogP contribution is 2.10. The molecule has 0 amide bonds. The predicted molar refractivity (Wildman–Crippen MR) is 41.4 cm³/mol. The molecule has 1 aromatic rings. The fourth-order valence-corrected chi connectivity index (χ4v) is 1.02. The molecular weight excluding hydrogens is 168 g/mol. The van der Waals surface area contributed by atoms with Crippen molar-refractivity contribution in [2.45, 2.75) is 20.4 Å². The van der Waals surface area contributed by atoms with E-state index in [0.29, 0.717) is 6.54 Å². The summed E-state index contributed by atoms with van der Waals surface area (Å²) in [6.45, 7) is -1.31. The van der Waals surface area contributed by atoms with Gasteiger partial charge in [0.05, 0.1) is 0 Å². The standard InChI is InChI=1S/C6H9BF3N2/c1-3-12-4-6(5(2)11-12)7(8,9)10/h4H,3H2,1-2H3/q-1. The number of rotatable bonds is 2. The highest BCUT2D eigenvalue weighted by Gasteiger charge is 2.29. The second-order valence-corrected chi connectivity index (χ2v) is 2.60. The zero-order valence-electron chi connectivity index (χ0n) is 6.89. The first-order valence-corrected chi connectivity index (χ1v) is 3.69. The Hall–Kier alpha value is -0.935. The van der Waals surface area contributed by atoms with E-state index in [1.54, 1.807) is 6.92 Å². The molecule has 0 aliphatic rings. The molecular formula is C6H9BF3N2-. The smallest absolute Gasteiger partial charge is 0.445 e. The Labute approximate surface area is 68.4 Å². The topological polar surface area (TPSA) is 17.8 Å². The molecule has 0 aromatic carbocycles. The molecule has 0 saturated carbocycles. The van der Waals surface area contributed by atoms with Crippen LogP contribution in [0.25, 0.3) is 0 Å². The van der Waals surface area contributed by atoms with E-state index in [1.807, 2.05) is 0 Å². The zero-order valence-corrected chi connectivity index (χ0v) is 6.89. The van der Waals surface area contributed by atoms with Gasteiger partial charge in [-0.2, -0.15) is 5.10 Å². The van der Waals surface area contributed by atoms with Crippen molar-refractivity contribution in [3.05, 3.63) is 11.9 Å². The highest BCUT2D eigenvalue weighted by molar-refractivity contribution is 6.73. The van der Waals surface area contributed by atoms with Crippen molar-refractivity contribution in [2.75, 3.05) is 0 Å². The summed E-state index contributed by atoms with van der Waals surface area (Å²) in [6, 6.07) is 0. The van der Waals surface area contributed by atoms with Gasteiger partial charge >= 0.3 is 6.98 Å². The Balaban J connectivity index is 3.08. The molecule has 1 rings (SSSR count). The molecule has 0 bridgehead atoms. The maximum absolute atomic E-state index is 12.2. The molecule has 6 heteroatoms. The van der Waals surface area contributed by atoms with Crippen LogP contribution in [0.5, 0.6) is 0 Å². The van der Waals surface area contributed by atoms with Crippen LogP contribution in [0.15, 0.2) is 6.20 Å². The van der Waals surface area contributed by atoms with Gasteiger partial charge in [0.2, 0.25) is 0 Å². The number of aryl methyl sites for hydroxylation is 2. The minimum Gasteiger partial charge on any atom is -0.445 e. The fraction of sp³-hybridized carbons (Fsp3) is 0.500. The van der Waals surface area contributed by atoms with Crippen LogP contribution < -0.4 is 5.46 Å².